The molecule has 2 aromatic heterocycles. The zero-order valence-corrected chi connectivity index (χ0v) is 15.6. The summed E-state index contributed by atoms with van der Waals surface area (Å²) in [6.45, 7) is 2.16. The Morgan fingerprint density at radius 3 is 2.65 bits per heavy atom. The SMILES string of the molecule is Cc1ccc2oc(C3CCCC3)nc2c1-c1n(C)c2ccccc2[n+]1C. The number of aromatic nitrogens is 3. The van der Waals surface area contributed by atoms with E-state index in [-0.39, 0.29) is 0 Å². The molecule has 0 atom stereocenters. The Bertz CT molecular complexity index is 1090. The summed E-state index contributed by atoms with van der Waals surface area (Å²) in [4.78, 5) is 4.99. The summed E-state index contributed by atoms with van der Waals surface area (Å²) in [5, 5.41) is 0. The number of hydrogen-bond donors (Lipinski definition) is 0. The Morgan fingerprint density at radius 2 is 1.88 bits per heavy atom. The van der Waals surface area contributed by atoms with Crippen molar-refractivity contribution in [2.24, 2.45) is 14.1 Å². The lowest BCUT2D eigenvalue weighted by atomic mass is 10.1. The molecule has 0 N–H and O–H groups in total. The summed E-state index contributed by atoms with van der Waals surface area (Å²) >= 11 is 0. The first-order valence-corrected chi connectivity index (χ1v) is 9.49. The minimum absolute atomic E-state index is 0.483. The lowest BCUT2D eigenvalue weighted by Crippen LogP contribution is -2.30. The van der Waals surface area contributed by atoms with Crippen LogP contribution < -0.4 is 4.57 Å². The number of rotatable bonds is 2. The van der Waals surface area contributed by atoms with E-state index in [1.807, 2.05) is 0 Å². The van der Waals surface area contributed by atoms with Gasteiger partial charge in [-0.05, 0) is 43.5 Å². The average Bonchev–Trinajstić information content (AvgIpc) is 3.36. The Hall–Kier alpha value is -2.62. The van der Waals surface area contributed by atoms with Gasteiger partial charge in [-0.25, -0.2) is 14.1 Å². The number of hydrogen-bond acceptors (Lipinski definition) is 2. The Balaban J connectivity index is 1.80. The third-order valence-electron chi connectivity index (χ3n) is 5.95. The summed E-state index contributed by atoms with van der Waals surface area (Å²) in [6.07, 6.45) is 4.97. The molecule has 4 nitrogen and oxygen atoms in total. The summed E-state index contributed by atoms with van der Waals surface area (Å²) in [6, 6.07) is 12.7. The molecule has 0 unspecified atom stereocenters. The van der Waals surface area contributed by atoms with Gasteiger partial charge in [-0.3, -0.25) is 0 Å². The highest BCUT2D eigenvalue weighted by Crippen LogP contribution is 2.38. The van der Waals surface area contributed by atoms with Crippen molar-refractivity contribution in [3.05, 3.63) is 47.9 Å². The number of fused-ring (bicyclic) bond motifs is 2. The molecule has 2 heterocycles. The lowest BCUT2D eigenvalue weighted by molar-refractivity contribution is -0.634. The van der Waals surface area contributed by atoms with Gasteiger partial charge in [0.1, 0.15) is 5.52 Å². The number of aryl methyl sites for hydroxylation is 3. The van der Waals surface area contributed by atoms with Crippen molar-refractivity contribution in [3.63, 3.8) is 0 Å². The zero-order chi connectivity index (χ0) is 17.8. The van der Waals surface area contributed by atoms with Gasteiger partial charge in [0, 0.05) is 5.92 Å². The maximum atomic E-state index is 6.19. The second-order valence-electron chi connectivity index (χ2n) is 7.57. The van der Waals surface area contributed by atoms with E-state index in [1.54, 1.807) is 0 Å². The Labute approximate surface area is 153 Å². The summed E-state index contributed by atoms with van der Waals surface area (Å²) in [7, 11) is 4.27. The molecule has 1 saturated carbocycles. The molecular weight excluding hydrogens is 322 g/mol. The highest BCUT2D eigenvalue weighted by Gasteiger charge is 2.28. The molecule has 26 heavy (non-hydrogen) atoms. The fourth-order valence-electron chi connectivity index (χ4n) is 4.56. The van der Waals surface area contributed by atoms with Crippen molar-refractivity contribution in [3.8, 4) is 11.4 Å². The minimum atomic E-state index is 0.483. The number of imidazole rings is 1. The van der Waals surface area contributed by atoms with Crippen LogP contribution in [0.5, 0.6) is 0 Å². The van der Waals surface area contributed by atoms with Crippen LogP contribution >= 0.6 is 0 Å². The monoisotopic (exact) mass is 346 g/mol. The predicted molar refractivity (Wildman–Crippen MR) is 103 cm³/mol. The molecule has 0 spiro atoms. The van der Waals surface area contributed by atoms with Crippen molar-refractivity contribution < 1.29 is 8.98 Å². The molecule has 1 aliphatic rings. The first-order valence-electron chi connectivity index (χ1n) is 9.49. The van der Waals surface area contributed by atoms with Gasteiger partial charge < -0.3 is 4.42 Å². The van der Waals surface area contributed by atoms with Crippen molar-refractivity contribution in [1.82, 2.24) is 9.55 Å². The van der Waals surface area contributed by atoms with Crippen LogP contribution in [0.15, 0.2) is 40.8 Å². The van der Waals surface area contributed by atoms with Crippen LogP contribution in [0, 0.1) is 6.92 Å². The van der Waals surface area contributed by atoms with Gasteiger partial charge in [-0.1, -0.05) is 31.0 Å². The standard InChI is InChI=1S/C22H24N3O/c1-14-12-13-18-20(23-21(26-18)15-8-4-5-9-15)19(14)22-24(2)16-10-6-7-11-17(16)25(22)3/h6-7,10-13,15H,4-5,8-9H2,1-3H3/q+1. The molecule has 0 aliphatic heterocycles. The molecule has 4 heteroatoms. The van der Waals surface area contributed by atoms with Crippen LogP contribution in [0.2, 0.25) is 0 Å². The minimum Gasteiger partial charge on any atom is -0.440 e. The molecular formula is C22H24N3O+. The molecule has 2 aromatic carbocycles. The number of oxazole rings is 1. The highest BCUT2D eigenvalue weighted by atomic mass is 16.3. The van der Waals surface area contributed by atoms with Crippen molar-refractivity contribution in [1.29, 1.82) is 0 Å². The maximum Gasteiger partial charge on any atom is 0.292 e. The van der Waals surface area contributed by atoms with Crippen LogP contribution in [-0.2, 0) is 14.1 Å². The van der Waals surface area contributed by atoms with E-state index in [0.717, 1.165) is 17.0 Å². The molecule has 0 amide bonds. The van der Waals surface area contributed by atoms with E-state index in [1.165, 1.54) is 53.7 Å². The maximum absolute atomic E-state index is 6.19. The van der Waals surface area contributed by atoms with Crippen molar-refractivity contribution in [2.75, 3.05) is 0 Å². The summed E-state index contributed by atoms with van der Waals surface area (Å²) in [5.74, 6) is 2.57. The van der Waals surface area contributed by atoms with Crippen molar-refractivity contribution in [2.45, 2.75) is 38.5 Å². The molecule has 0 bridgehead atoms. The topological polar surface area (TPSA) is 34.8 Å². The van der Waals surface area contributed by atoms with E-state index in [0.29, 0.717) is 5.92 Å². The van der Waals surface area contributed by atoms with E-state index in [2.05, 4.69) is 66.6 Å². The van der Waals surface area contributed by atoms with E-state index < -0.39 is 0 Å². The zero-order valence-electron chi connectivity index (χ0n) is 15.6. The van der Waals surface area contributed by atoms with Gasteiger partial charge in [-0.2, -0.15) is 0 Å². The summed E-state index contributed by atoms with van der Waals surface area (Å²) < 4.78 is 10.7. The quantitative estimate of drug-likeness (QED) is 0.490. The average molecular weight is 346 g/mol. The van der Waals surface area contributed by atoms with Gasteiger partial charge >= 0.3 is 0 Å². The van der Waals surface area contributed by atoms with Gasteiger partial charge in [0.25, 0.3) is 5.82 Å². The third-order valence-corrected chi connectivity index (χ3v) is 5.95. The number of benzene rings is 2. The molecule has 0 saturated heterocycles. The van der Waals surface area contributed by atoms with Gasteiger partial charge in [0.05, 0.1) is 19.7 Å². The molecule has 132 valence electrons. The van der Waals surface area contributed by atoms with Crippen LogP contribution in [0.3, 0.4) is 0 Å². The fraction of sp³-hybridized carbons (Fsp3) is 0.364. The number of nitrogens with zero attached hydrogens (tertiary/aromatic N) is 3. The molecule has 1 fully saturated rings. The van der Waals surface area contributed by atoms with Crippen LogP contribution in [-0.4, -0.2) is 9.55 Å². The van der Waals surface area contributed by atoms with Crippen LogP contribution in [0.1, 0.15) is 43.1 Å². The normalized spacial score (nSPS) is 15.5. The molecule has 1 aliphatic carbocycles. The number of para-hydroxylation sites is 2. The first-order chi connectivity index (χ1) is 12.6. The predicted octanol–water partition coefficient (Wildman–Crippen LogP) is 4.78. The van der Waals surface area contributed by atoms with Gasteiger partial charge in [0.15, 0.2) is 22.5 Å². The lowest BCUT2D eigenvalue weighted by Gasteiger charge is -2.04. The van der Waals surface area contributed by atoms with Gasteiger partial charge in [0.2, 0.25) is 0 Å². The van der Waals surface area contributed by atoms with Gasteiger partial charge in [-0.15, -0.1) is 0 Å². The van der Waals surface area contributed by atoms with E-state index >= 15 is 0 Å². The summed E-state index contributed by atoms with van der Waals surface area (Å²) in [5.41, 5.74) is 6.75. The second-order valence-corrected chi connectivity index (χ2v) is 7.57. The van der Waals surface area contributed by atoms with E-state index in [9.17, 15) is 0 Å². The Kier molecular flexibility index (Phi) is 3.42. The van der Waals surface area contributed by atoms with Crippen LogP contribution in [0.4, 0.5) is 0 Å². The largest absolute Gasteiger partial charge is 0.440 e. The Morgan fingerprint density at radius 1 is 1.12 bits per heavy atom. The highest BCUT2D eigenvalue weighted by molar-refractivity contribution is 5.91. The molecule has 5 rings (SSSR count). The first kappa shape index (κ1) is 15.6. The third kappa shape index (κ3) is 2.14. The molecule has 4 aromatic rings. The smallest absolute Gasteiger partial charge is 0.292 e. The second kappa shape index (κ2) is 5.70. The van der Waals surface area contributed by atoms with Crippen molar-refractivity contribution >= 4 is 22.1 Å². The molecule has 0 radical (unpaired) electrons. The van der Waals surface area contributed by atoms with E-state index in [4.69, 9.17) is 9.40 Å². The van der Waals surface area contributed by atoms with Crippen LogP contribution in [0.25, 0.3) is 33.5 Å². The fourth-order valence-corrected chi connectivity index (χ4v) is 4.56.